The number of aryl methyl sites for hydroxylation is 1. The van der Waals surface area contributed by atoms with Gasteiger partial charge in [0, 0.05) is 36.2 Å². The van der Waals surface area contributed by atoms with Crippen molar-refractivity contribution in [2.75, 3.05) is 4.90 Å². The summed E-state index contributed by atoms with van der Waals surface area (Å²) in [6, 6.07) is 14.0. The standard InChI is InChI=1S/C22H20FN5O.C4H7NO/c1-14-11-21(19-9-10-26(2)25-19)27(22(14)29)18-7-8-20-15(12-18)13-24-28(20)17-5-3-16(23)4-6-17;5-4(6)3-1-2-3/h3-10,12-14,21H,11H2,1-2H3;3H,1-2H2,(H2,5,6)/t14-,21-;/m0./s1. The summed E-state index contributed by atoms with van der Waals surface area (Å²) in [6.07, 6.45) is 6.45. The van der Waals surface area contributed by atoms with E-state index in [0.717, 1.165) is 47.2 Å². The van der Waals surface area contributed by atoms with E-state index < -0.39 is 0 Å². The number of carbonyl (C=O) groups excluding carboxylic acids is 2. The first kappa shape index (κ1) is 22.8. The fraction of sp³-hybridized carbons (Fsp3) is 0.308. The molecule has 6 rings (SSSR count). The van der Waals surface area contributed by atoms with Crippen LogP contribution in [-0.2, 0) is 16.6 Å². The molecule has 2 atom stereocenters. The molecule has 180 valence electrons. The van der Waals surface area contributed by atoms with Crippen LogP contribution in [0.1, 0.15) is 37.9 Å². The van der Waals surface area contributed by atoms with E-state index in [1.165, 1.54) is 12.1 Å². The van der Waals surface area contributed by atoms with Gasteiger partial charge in [-0.25, -0.2) is 9.07 Å². The van der Waals surface area contributed by atoms with E-state index in [1.807, 2.05) is 49.3 Å². The van der Waals surface area contributed by atoms with Crippen molar-refractivity contribution in [3.05, 3.63) is 72.4 Å². The molecular formula is C26H27FN6O2. The number of anilines is 1. The molecule has 2 aliphatic rings. The summed E-state index contributed by atoms with van der Waals surface area (Å²) in [7, 11) is 1.88. The highest BCUT2D eigenvalue weighted by Gasteiger charge is 2.40. The number of aromatic nitrogens is 4. The Labute approximate surface area is 202 Å². The summed E-state index contributed by atoms with van der Waals surface area (Å²) < 4.78 is 16.8. The maximum atomic E-state index is 13.2. The van der Waals surface area contributed by atoms with Gasteiger partial charge in [-0.3, -0.25) is 14.3 Å². The van der Waals surface area contributed by atoms with Crippen molar-refractivity contribution in [1.82, 2.24) is 19.6 Å². The van der Waals surface area contributed by atoms with E-state index in [9.17, 15) is 14.0 Å². The van der Waals surface area contributed by atoms with Crippen molar-refractivity contribution in [2.24, 2.45) is 24.6 Å². The summed E-state index contributed by atoms with van der Waals surface area (Å²) in [5.41, 5.74) is 8.27. The first-order valence-corrected chi connectivity index (χ1v) is 11.7. The van der Waals surface area contributed by atoms with E-state index in [-0.39, 0.29) is 35.5 Å². The molecule has 2 N–H and O–H groups in total. The lowest BCUT2D eigenvalue weighted by Crippen LogP contribution is -2.29. The quantitative estimate of drug-likeness (QED) is 0.485. The summed E-state index contributed by atoms with van der Waals surface area (Å²) in [6.45, 7) is 1.96. The number of halogens is 1. The predicted octanol–water partition coefficient (Wildman–Crippen LogP) is 3.89. The normalized spacial score (nSPS) is 19.6. The minimum atomic E-state index is -0.283. The van der Waals surface area contributed by atoms with Gasteiger partial charge >= 0.3 is 0 Å². The number of nitrogens with zero attached hydrogens (tertiary/aromatic N) is 5. The number of hydrogen-bond donors (Lipinski definition) is 1. The van der Waals surface area contributed by atoms with Gasteiger partial charge in [0.15, 0.2) is 0 Å². The molecule has 0 radical (unpaired) electrons. The zero-order valence-electron chi connectivity index (χ0n) is 19.6. The first-order valence-electron chi connectivity index (χ1n) is 11.7. The largest absolute Gasteiger partial charge is 0.369 e. The van der Waals surface area contributed by atoms with Gasteiger partial charge < -0.3 is 10.6 Å². The molecular weight excluding hydrogens is 447 g/mol. The Morgan fingerprint density at radius 1 is 1.09 bits per heavy atom. The van der Waals surface area contributed by atoms with E-state index in [4.69, 9.17) is 5.73 Å². The molecule has 2 amide bonds. The van der Waals surface area contributed by atoms with Crippen LogP contribution in [0.25, 0.3) is 16.6 Å². The molecule has 0 unspecified atom stereocenters. The molecule has 1 saturated heterocycles. The van der Waals surface area contributed by atoms with Gasteiger partial charge in [0.2, 0.25) is 11.8 Å². The van der Waals surface area contributed by atoms with Crippen LogP contribution in [0.5, 0.6) is 0 Å². The van der Waals surface area contributed by atoms with Gasteiger partial charge in [0.25, 0.3) is 0 Å². The van der Waals surface area contributed by atoms with Crippen molar-refractivity contribution in [3.8, 4) is 5.69 Å². The summed E-state index contributed by atoms with van der Waals surface area (Å²) in [5.74, 6) is -0.125. The molecule has 2 fully saturated rings. The lowest BCUT2D eigenvalue weighted by Gasteiger charge is -2.23. The van der Waals surface area contributed by atoms with Gasteiger partial charge in [-0.15, -0.1) is 0 Å². The second-order valence-electron chi connectivity index (χ2n) is 9.23. The maximum absolute atomic E-state index is 13.2. The Kier molecular flexibility index (Phi) is 5.84. The van der Waals surface area contributed by atoms with Crippen LogP contribution in [0.3, 0.4) is 0 Å². The lowest BCUT2D eigenvalue weighted by atomic mass is 10.1. The average Bonchev–Trinajstić information content (AvgIpc) is 3.38. The highest BCUT2D eigenvalue weighted by Crippen LogP contribution is 2.40. The monoisotopic (exact) mass is 474 g/mol. The van der Waals surface area contributed by atoms with Crippen molar-refractivity contribution in [1.29, 1.82) is 0 Å². The second-order valence-corrected chi connectivity index (χ2v) is 9.23. The SMILES string of the molecule is C[C@H]1C[C@@H](c2ccn(C)n2)N(c2ccc3c(cnn3-c3ccc(F)cc3)c2)C1=O.NC(=O)C1CC1. The highest BCUT2D eigenvalue weighted by molar-refractivity contribution is 5.99. The molecule has 1 saturated carbocycles. The maximum Gasteiger partial charge on any atom is 0.230 e. The summed E-state index contributed by atoms with van der Waals surface area (Å²) in [4.78, 5) is 24.8. The lowest BCUT2D eigenvalue weighted by molar-refractivity contribution is -0.120. The number of amides is 2. The summed E-state index contributed by atoms with van der Waals surface area (Å²) in [5, 5.41) is 9.89. The van der Waals surface area contributed by atoms with Gasteiger partial charge in [0.05, 0.1) is 29.1 Å². The van der Waals surface area contributed by atoms with Gasteiger partial charge in [0.1, 0.15) is 5.82 Å². The number of benzene rings is 2. The molecule has 9 heteroatoms. The van der Waals surface area contributed by atoms with E-state index in [0.29, 0.717) is 0 Å². The zero-order chi connectivity index (χ0) is 24.7. The van der Waals surface area contributed by atoms with Crippen molar-refractivity contribution < 1.29 is 14.0 Å². The van der Waals surface area contributed by atoms with Crippen LogP contribution in [0.15, 0.2) is 60.9 Å². The van der Waals surface area contributed by atoms with Crippen molar-refractivity contribution in [3.63, 3.8) is 0 Å². The van der Waals surface area contributed by atoms with Gasteiger partial charge in [-0.05, 0) is 67.8 Å². The molecule has 2 aromatic carbocycles. The van der Waals surface area contributed by atoms with E-state index in [2.05, 4.69) is 10.2 Å². The molecule has 0 bridgehead atoms. The van der Waals surface area contributed by atoms with Crippen molar-refractivity contribution >= 4 is 28.4 Å². The second kappa shape index (κ2) is 8.98. The minimum Gasteiger partial charge on any atom is -0.369 e. The van der Waals surface area contributed by atoms with Crippen LogP contribution in [0.2, 0.25) is 0 Å². The fourth-order valence-corrected chi connectivity index (χ4v) is 4.43. The third-order valence-corrected chi connectivity index (χ3v) is 6.50. The van der Waals surface area contributed by atoms with Crippen LogP contribution in [-0.4, -0.2) is 31.4 Å². The van der Waals surface area contributed by atoms with Crippen LogP contribution >= 0.6 is 0 Å². The third kappa shape index (κ3) is 4.53. The average molecular weight is 475 g/mol. The van der Waals surface area contributed by atoms with Crippen LogP contribution < -0.4 is 10.6 Å². The van der Waals surface area contributed by atoms with E-state index >= 15 is 0 Å². The molecule has 2 aromatic heterocycles. The first-order chi connectivity index (χ1) is 16.8. The summed E-state index contributed by atoms with van der Waals surface area (Å²) >= 11 is 0. The van der Waals surface area contributed by atoms with Crippen LogP contribution in [0.4, 0.5) is 10.1 Å². The molecule has 1 aliphatic heterocycles. The number of rotatable bonds is 4. The Morgan fingerprint density at radius 3 is 2.40 bits per heavy atom. The molecule has 0 spiro atoms. The van der Waals surface area contributed by atoms with Crippen molar-refractivity contribution in [2.45, 2.75) is 32.2 Å². The van der Waals surface area contributed by atoms with Gasteiger partial charge in [-0.2, -0.15) is 10.2 Å². The third-order valence-electron chi connectivity index (χ3n) is 6.50. The topological polar surface area (TPSA) is 99.0 Å². The highest BCUT2D eigenvalue weighted by atomic mass is 19.1. The van der Waals surface area contributed by atoms with Crippen LogP contribution in [0, 0.1) is 17.7 Å². The molecule has 35 heavy (non-hydrogen) atoms. The Bertz CT molecular complexity index is 1390. The zero-order valence-corrected chi connectivity index (χ0v) is 19.6. The smallest absolute Gasteiger partial charge is 0.230 e. The van der Waals surface area contributed by atoms with E-state index in [1.54, 1.807) is 27.7 Å². The fourth-order valence-electron chi connectivity index (χ4n) is 4.43. The number of carbonyl (C=O) groups is 2. The predicted molar refractivity (Wildman–Crippen MR) is 130 cm³/mol. The Balaban J connectivity index is 0.000000371. The molecule has 8 nitrogen and oxygen atoms in total. The number of nitrogens with two attached hydrogens (primary N) is 1. The Morgan fingerprint density at radius 2 is 1.80 bits per heavy atom. The number of hydrogen-bond acceptors (Lipinski definition) is 4. The molecule has 4 aromatic rings. The Hall–Kier alpha value is -4.01. The molecule has 1 aliphatic carbocycles. The van der Waals surface area contributed by atoms with Gasteiger partial charge in [-0.1, -0.05) is 6.92 Å². The number of primary amides is 1. The molecule has 3 heterocycles. The minimum absolute atomic E-state index is 0.0559. The number of fused-ring (bicyclic) bond motifs is 1.